The van der Waals surface area contributed by atoms with E-state index < -0.39 is 13.5 Å². The van der Waals surface area contributed by atoms with Crippen LogP contribution < -0.4 is 10.4 Å². The molecule has 282 valence electrons. The van der Waals surface area contributed by atoms with Crippen molar-refractivity contribution in [1.82, 2.24) is 9.13 Å². The van der Waals surface area contributed by atoms with Gasteiger partial charge in [-0.1, -0.05) is 171 Å². The molecule has 2 aliphatic rings. The summed E-state index contributed by atoms with van der Waals surface area (Å²) >= 11 is 0. The van der Waals surface area contributed by atoms with Crippen LogP contribution in [0.2, 0.25) is 13.1 Å². The van der Waals surface area contributed by atoms with Gasteiger partial charge in [-0.25, -0.2) is 0 Å². The van der Waals surface area contributed by atoms with Crippen LogP contribution >= 0.6 is 0 Å². The van der Waals surface area contributed by atoms with E-state index in [2.05, 4.69) is 228 Å². The molecule has 0 aliphatic carbocycles. The van der Waals surface area contributed by atoms with Crippen molar-refractivity contribution in [2.45, 2.75) is 18.5 Å². The second-order valence-corrected chi connectivity index (χ2v) is 21.6. The van der Waals surface area contributed by atoms with Gasteiger partial charge in [0.2, 0.25) is 0 Å². The average Bonchev–Trinajstić information content (AvgIpc) is 3.83. The molecule has 11 aromatic rings. The van der Waals surface area contributed by atoms with Crippen molar-refractivity contribution in [2.24, 2.45) is 0 Å². The number of rotatable bonds is 3. The third-order valence-corrected chi connectivity index (χ3v) is 17.6. The minimum Gasteiger partial charge on any atom is -0.309 e. The summed E-state index contributed by atoms with van der Waals surface area (Å²) in [5.41, 5.74) is 17.5. The highest BCUT2D eigenvalue weighted by atomic mass is 28.3. The summed E-state index contributed by atoms with van der Waals surface area (Å²) in [7, 11) is -2.12. The van der Waals surface area contributed by atoms with Gasteiger partial charge in [0.1, 0.15) is 8.07 Å². The first-order valence-corrected chi connectivity index (χ1v) is 24.1. The van der Waals surface area contributed by atoms with Crippen molar-refractivity contribution in [3.63, 3.8) is 0 Å². The Hall–Kier alpha value is -7.20. The standard InChI is InChI=1S/C57H40N2Si/c1-60(2)54-26-13-9-21-47(54)57(46-20-8-12-25-53(46)59-51-24-11-6-17-42(51)44-19-14-22-48(57)56(44)59)49-36-40(32-34-55(49)60)38-29-27-37(28-30-38)39-31-33-52-45(35-39)43-18-7-10-23-50(43)58(52)41-15-4-3-5-16-41/h3-36H,1-2H3. The highest BCUT2D eigenvalue weighted by molar-refractivity contribution is 7.01. The van der Waals surface area contributed by atoms with Crippen LogP contribution in [0, 0.1) is 0 Å². The number of nitrogens with zero attached hydrogens (tertiary/aromatic N) is 2. The molecule has 0 saturated carbocycles. The van der Waals surface area contributed by atoms with Gasteiger partial charge < -0.3 is 9.13 Å². The van der Waals surface area contributed by atoms with E-state index in [4.69, 9.17) is 0 Å². The van der Waals surface area contributed by atoms with E-state index in [1.165, 1.54) is 110 Å². The molecule has 4 heterocycles. The molecule has 2 nitrogen and oxygen atoms in total. The largest absolute Gasteiger partial charge is 0.309 e. The lowest BCUT2D eigenvalue weighted by atomic mass is 9.62. The fraction of sp³-hybridized carbons (Fsp3) is 0.0526. The highest BCUT2D eigenvalue weighted by Gasteiger charge is 2.53. The van der Waals surface area contributed by atoms with Gasteiger partial charge in [-0.2, -0.15) is 0 Å². The zero-order valence-electron chi connectivity index (χ0n) is 33.5. The Bertz CT molecular complexity index is 3570. The molecular formula is C57H40N2Si. The molecule has 60 heavy (non-hydrogen) atoms. The third kappa shape index (κ3) is 4.32. The van der Waals surface area contributed by atoms with Crippen molar-refractivity contribution in [3.05, 3.63) is 229 Å². The number of benzene rings is 9. The number of hydrogen-bond acceptors (Lipinski definition) is 0. The SMILES string of the molecule is C[Si]1(C)c2ccccc2C2(c3ccccc3-n3c4ccccc4c4cccc2c43)c2cc(-c3ccc(-c4ccc5c(c4)c4ccccc4n5-c4ccccc4)cc3)ccc21. The molecule has 0 amide bonds. The maximum absolute atomic E-state index is 2.56. The number of hydrogen-bond donors (Lipinski definition) is 0. The molecule has 0 bridgehead atoms. The highest BCUT2D eigenvalue weighted by Crippen LogP contribution is 2.55. The van der Waals surface area contributed by atoms with Gasteiger partial charge in [-0.3, -0.25) is 0 Å². The lowest BCUT2D eigenvalue weighted by Gasteiger charge is -2.49. The summed E-state index contributed by atoms with van der Waals surface area (Å²) in [6, 6.07) is 77.7. The van der Waals surface area contributed by atoms with Crippen LogP contribution in [0.3, 0.4) is 0 Å². The van der Waals surface area contributed by atoms with E-state index in [9.17, 15) is 0 Å². The maximum atomic E-state index is 2.56. The summed E-state index contributed by atoms with van der Waals surface area (Å²) in [6.07, 6.45) is 0. The summed E-state index contributed by atoms with van der Waals surface area (Å²) in [5, 5.41) is 8.19. The third-order valence-electron chi connectivity index (χ3n) is 14.0. The minimum absolute atomic E-state index is 0.487. The quantitative estimate of drug-likeness (QED) is 0.158. The maximum Gasteiger partial charge on any atom is 0.113 e. The topological polar surface area (TPSA) is 9.86 Å². The number of aromatic nitrogens is 2. The van der Waals surface area contributed by atoms with Crippen LogP contribution in [0.25, 0.3) is 77.2 Å². The molecule has 2 aromatic heterocycles. The second kappa shape index (κ2) is 12.2. The van der Waals surface area contributed by atoms with Crippen molar-refractivity contribution < 1.29 is 0 Å². The van der Waals surface area contributed by atoms with E-state index in [0.717, 1.165) is 0 Å². The fourth-order valence-electron chi connectivity index (χ4n) is 11.4. The monoisotopic (exact) mass is 780 g/mol. The molecule has 3 heteroatoms. The summed E-state index contributed by atoms with van der Waals surface area (Å²) in [6.45, 7) is 5.10. The van der Waals surface area contributed by atoms with Crippen molar-refractivity contribution in [2.75, 3.05) is 0 Å². The van der Waals surface area contributed by atoms with Crippen LogP contribution in [-0.4, -0.2) is 17.2 Å². The van der Waals surface area contributed by atoms with Crippen LogP contribution in [-0.2, 0) is 5.41 Å². The minimum atomic E-state index is -2.12. The molecule has 0 saturated heterocycles. The van der Waals surface area contributed by atoms with Crippen molar-refractivity contribution in [1.29, 1.82) is 0 Å². The predicted octanol–water partition coefficient (Wildman–Crippen LogP) is 13.0. The Labute approximate surface area is 350 Å². The van der Waals surface area contributed by atoms with E-state index in [1.807, 2.05) is 0 Å². The summed E-state index contributed by atoms with van der Waals surface area (Å²) in [4.78, 5) is 0. The molecule has 0 fully saturated rings. The van der Waals surface area contributed by atoms with Crippen LogP contribution in [0.15, 0.2) is 206 Å². The zero-order chi connectivity index (χ0) is 39.7. The summed E-state index contributed by atoms with van der Waals surface area (Å²) < 4.78 is 4.92. The van der Waals surface area contributed by atoms with Gasteiger partial charge in [0.15, 0.2) is 0 Å². The molecule has 1 unspecified atom stereocenters. The van der Waals surface area contributed by atoms with Gasteiger partial charge >= 0.3 is 0 Å². The normalized spacial score (nSPS) is 16.0. The van der Waals surface area contributed by atoms with Crippen LogP contribution in [0.4, 0.5) is 0 Å². The molecule has 13 rings (SSSR count). The first kappa shape index (κ1) is 33.7. The first-order valence-electron chi connectivity index (χ1n) is 21.1. The average molecular weight is 781 g/mol. The van der Waals surface area contributed by atoms with Gasteiger partial charge in [-0.05, 0) is 103 Å². The van der Waals surface area contributed by atoms with Gasteiger partial charge in [0.25, 0.3) is 0 Å². The Kier molecular flexibility index (Phi) is 6.84. The first-order chi connectivity index (χ1) is 29.5. The van der Waals surface area contributed by atoms with Gasteiger partial charge in [-0.15, -0.1) is 0 Å². The van der Waals surface area contributed by atoms with E-state index >= 15 is 0 Å². The van der Waals surface area contributed by atoms with E-state index in [1.54, 1.807) is 0 Å². The molecule has 0 N–H and O–H groups in total. The second-order valence-electron chi connectivity index (χ2n) is 17.2. The van der Waals surface area contributed by atoms with Gasteiger partial charge in [0.05, 0.1) is 33.2 Å². The van der Waals surface area contributed by atoms with Crippen molar-refractivity contribution >= 4 is 62.1 Å². The zero-order valence-corrected chi connectivity index (χ0v) is 34.5. The van der Waals surface area contributed by atoms with E-state index in [-0.39, 0.29) is 0 Å². The molecule has 9 aromatic carbocycles. The lowest BCUT2D eigenvalue weighted by molar-refractivity contribution is 0.732. The number of fused-ring (bicyclic) bond motifs is 14. The Balaban J connectivity index is 1.01. The van der Waals surface area contributed by atoms with E-state index in [0.29, 0.717) is 0 Å². The summed E-state index contributed by atoms with van der Waals surface area (Å²) in [5.74, 6) is 0. The molecule has 2 aliphatic heterocycles. The van der Waals surface area contributed by atoms with Crippen LogP contribution in [0.5, 0.6) is 0 Å². The molecule has 1 atom stereocenters. The molecule has 1 spiro atoms. The van der Waals surface area contributed by atoms with Crippen molar-refractivity contribution in [3.8, 4) is 33.6 Å². The lowest BCUT2D eigenvalue weighted by Crippen LogP contribution is -2.63. The Morgan fingerprint density at radius 3 is 1.67 bits per heavy atom. The smallest absolute Gasteiger partial charge is 0.113 e. The fourth-order valence-corrected chi connectivity index (χ4v) is 14.6. The Morgan fingerprint density at radius 2 is 0.883 bits per heavy atom. The molecule has 0 radical (unpaired) electrons. The van der Waals surface area contributed by atoms with Crippen LogP contribution in [0.1, 0.15) is 22.3 Å². The molecular weight excluding hydrogens is 741 g/mol. The number of para-hydroxylation sites is 5. The Morgan fingerprint density at radius 1 is 0.350 bits per heavy atom. The predicted molar refractivity (Wildman–Crippen MR) is 255 cm³/mol. The van der Waals surface area contributed by atoms with Gasteiger partial charge in [0, 0.05) is 27.2 Å².